The quantitative estimate of drug-likeness (QED) is 0.548. The highest BCUT2D eigenvalue weighted by Gasteiger charge is 1.97. The Bertz CT molecular complexity index is 201. The number of hydrogen-bond donors (Lipinski definition) is 2. The Morgan fingerprint density at radius 2 is 2.60 bits per heavy atom. The lowest BCUT2D eigenvalue weighted by molar-refractivity contribution is 1.03. The van der Waals surface area contributed by atoms with Crippen LogP contribution in [-0.2, 0) is 0 Å². The number of nitrogens with one attached hydrogen (secondary N) is 1. The van der Waals surface area contributed by atoms with Crippen molar-refractivity contribution in [2.75, 3.05) is 6.54 Å². The molecule has 0 bridgehead atoms. The van der Waals surface area contributed by atoms with Crippen molar-refractivity contribution >= 4 is 5.96 Å². The molecule has 0 aromatic heterocycles. The summed E-state index contributed by atoms with van der Waals surface area (Å²) in [6.07, 6.45) is 5.90. The second-order valence-corrected chi connectivity index (χ2v) is 2.01. The van der Waals surface area contributed by atoms with E-state index in [0.717, 1.165) is 5.70 Å². The Kier molecular flexibility index (Phi) is 2.10. The first-order valence-electron chi connectivity index (χ1n) is 3.22. The van der Waals surface area contributed by atoms with Crippen LogP contribution in [0.15, 0.2) is 28.9 Å². The molecule has 0 amide bonds. The predicted molar refractivity (Wildman–Crippen MR) is 42.5 cm³/mol. The number of aliphatic imine (C=N–C) groups is 1. The second kappa shape index (κ2) is 3.06. The minimum Gasteiger partial charge on any atom is -0.370 e. The molecule has 3 nitrogen and oxygen atoms in total. The summed E-state index contributed by atoms with van der Waals surface area (Å²) >= 11 is 0. The van der Waals surface area contributed by atoms with E-state index < -0.39 is 0 Å². The van der Waals surface area contributed by atoms with Crippen molar-refractivity contribution in [1.29, 1.82) is 0 Å². The highest BCUT2D eigenvalue weighted by atomic mass is 15.1. The summed E-state index contributed by atoms with van der Waals surface area (Å²) < 4.78 is 0. The van der Waals surface area contributed by atoms with Gasteiger partial charge in [-0.15, -0.1) is 0 Å². The summed E-state index contributed by atoms with van der Waals surface area (Å²) in [4.78, 5) is 3.94. The number of nitrogens with zero attached hydrogens (tertiary/aromatic N) is 1. The fourth-order valence-electron chi connectivity index (χ4n) is 0.770. The van der Waals surface area contributed by atoms with Gasteiger partial charge in [0.15, 0.2) is 5.96 Å². The van der Waals surface area contributed by atoms with Gasteiger partial charge in [-0.2, -0.15) is 0 Å². The lowest BCUT2D eigenvalue weighted by atomic mass is 10.3. The van der Waals surface area contributed by atoms with Crippen molar-refractivity contribution in [3.05, 3.63) is 23.9 Å². The molecule has 1 aliphatic heterocycles. The first kappa shape index (κ1) is 6.86. The molecule has 0 unspecified atom stereocenters. The molecular weight excluding hydrogens is 126 g/mol. The van der Waals surface area contributed by atoms with Crippen LogP contribution in [-0.4, -0.2) is 12.5 Å². The molecule has 0 aliphatic carbocycles. The van der Waals surface area contributed by atoms with Crippen molar-refractivity contribution in [1.82, 2.24) is 5.32 Å². The molecule has 3 N–H and O–H groups in total. The van der Waals surface area contributed by atoms with Gasteiger partial charge in [-0.1, -0.05) is 6.08 Å². The van der Waals surface area contributed by atoms with E-state index in [1.807, 2.05) is 25.2 Å². The molecule has 1 aliphatic rings. The van der Waals surface area contributed by atoms with E-state index in [2.05, 4.69) is 10.3 Å². The highest BCUT2D eigenvalue weighted by molar-refractivity contribution is 5.81. The van der Waals surface area contributed by atoms with Gasteiger partial charge in [0.1, 0.15) is 0 Å². The van der Waals surface area contributed by atoms with Gasteiger partial charge in [0, 0.05) is 5.70 Å². The summed E-state index contributed by atoms with van der Waals surface area (Å²) in [6, 6.07) is 0. The molecule has 54 valence electrons. The lowest BCUT2D eigenvalue weighted by Crippen LogP contribution is -2.32. The minimum atomic E-state index is 0.496. The summed E-state index contributed by atoms with van der Waals surface area (Å²) in [5.41, 5.74) is 6.44. The molecule has 1 rings (SSSR count). The largest absolute Gasteiger partial charge is 0.370 e. The topological polar surface area (TPSA) is 50.4 Å². The molecule has 1 heterocycles. The van der Waals surface area contributed by atoms with E-state index >= 15 is 0 Å². The average Bonchev–Trinajstić information content (AvgIpc) is 1.88. The Balaban J connectivity index is 2.57. The fourth-order valence-corrected chi connectivity index (χ4v) is 0.770. The van der Waals surface area contributed by atoms with Crippen LogP contribution in [0, 0.1) is 0 Å². The molecule has 0 radical (unpaired) electrons. The van der Waals surface area contributed by atoms with E-state index in [9.17, 15) is 0 Å². The molecule has 0 saturated carbocycles. The van der Waals surface area contributed by atoms with Gasteiger partial charge in [-0.05, 0) is 19.1 Å². The minimum absolute atomic E-state index is 0.496. The van der Waals surface area contributed by atoms with Gasteiger partial charge in [0.2, 0.25) is 0 Å². The molecule has 0 spiro atoms. The van der Waals surface area contributed by atoms with E-state index in [1.165, 1.54) is 0 Å². The second-order valence-electron chi connectivity index (χ2n) is 2.01. The van der Waals surface area contributed by atoms with E-state index in [4.69, 9.17) is 5.73 Å². The van der Waals surface area contributed by atoms with Crippen LogP contribution in [0.4, 0.5) is 0 Å². The normalized spacial score (nSPS) is 18.1. The first-order chi connectivity index (χ1) is 4.83. The van der Waals surface area contributed by atoms with Crippen LogP contribution < -0.4 is 11.1 Å². The smallest absolute Gasteiger partial charge is 0.193 e. The van der Waals surface area contributed by atoms with Gasteiger partial charge in [-0.3, -0.25) is 0 Å². The zero-order chi connectivity index (χ0) is 7.40. The molecule has 0 fully saturated rings. The molecule has 0 saturated heterocycles. The summed E-state index contributed by atoms with van der Waals surface area (Å²) in [5.74, 6) is 0.496. The zero-order valence-corrected chi connectivity index (χ0v) is 5.96. The predicted octanol–water partition coefficient (Wildman–Crippen LogP) is 0.364. The van der Waals surface area contributed by atoms with E-state index in [0.29, 0.717) is 12.5 Å². The maximum absolute atomic E-state index is 5.42. The highest BCUT2D eigenvalue weighted by Crippen LogP contribution is 1.95. The van der Waals surface area contributed by atoms with Crippen LogP contribution in [0.5, 0.6) is 0 Å². The third-order valence-corrected chi connectivity index (χ3v) is 1.19. The van der Waals surface area contributed by atoms with Crippen LogP contribution in [0.3, 0.4) is 0 Å². The molecule has 10 heavy (non-hydrogen) atoms. The number of nitrogens with two attached hydrogens (primary N) is 1. The summed E-state index contributed by atoms with van der Waals surface area (Å²) in [5, 5.41) is 2.92. The molecule has 0 aromatic carbocycles. The van der Waals surface area contributed by atoms with Gasteiger partial charge >= 0.3 is 0 Å². The third kappa shape index (κ3) is 1.62. The number of allylic oxidation sites excluding steroid dienone is 2. The van der Waals surface area contributed by atoms with Crippen molar-refractivity contribution in [2.24, 2.45) is 10.7 Å². The Labute approximate surface area is 60.3 Å². The maximum atomic E-state index is 5.42. The maximum Gasteiger partial charge on any atom is 0.193 e. The summed E-state index contributed by atoms with van der Waals surface area (Å²) in [7, 11) is 0. The zero-order valence-electron chi connectivity index (χ0n) is 5.96. The Morgan fingerprint density at radius 1 is 1.80 bits per heavy atom. The van der Waals surface area contributed by atoms with Gasteiger partial charge in [0.05, 0.1) is 6.54 Å². The van der Waals surface area contributed by atoms with Crippen molar-refractivity contribution in [3.63, 3.8) is 0 Å². The number of hydrogen-bond acceptors (Lipinski definition) is 3. The molecule has 0 aromatic rings. The van der Waals surface area contributed by atoms with Crippen molar-refractivity contribution < 1.29 is 0 Å². The Hall–Kier alpha value is -1.25. The molecule has 0 atom stereocenters. The van der Waals surface area contributed by atoms with Gasteiger partial charge in [0.25, 0.3) is 0 Å². The monoisotopic (exact) mass is 137 g/mol. The van der Waals surface area contributed by atoms with Gasteiger partial charge in [-0.25, -0.2) is 4.99 Å². The van der Waals surface area contributed by atoms with Crippen molar-refractivity contribution in [2.45, 2.75) is 6.92 Å². The third-order valence-electron chi connectivity index (χ3n) is 1.19. The fraction of sp³-hybridized carbons (Fsp3) is 0.286. The van der Waals surface area contributed by atoms with Gasteiger partial charge < -0.3 is 11.1 Å². The lowest BCUT2D eigenvalue weighted by Gasteiger charge is -2.09. The Morgan fingerprint density at radius 3 is 3.20 bits per heavy atom. The molecule has 3 heteroatoms. The average molecular weight is 137 g/mol. The first-order valence-corrected chi connectivity index (χ1v) is 3.22. The standard InChI is InChI=1S/C7H11N3/c1-2-3-6-4-5-9-7(8)10-6/h2-4H,5H2,1H3,(H3,8,9,10)/b3-2+. The van der Waals surface area contributed by atoms with E-state index in [-0.39, 0.29) is 0 Å². The van der Waals surface area contributed by atoms with E-state index in [1.54, 1.807) is 0 Å². The van der Waals surface area contributed by atoms with Crippen LogP contribution in [0.1, 0.15) is 6.92 Å². The van der Waals surface area contributed by atoms with Crippen LogP contribution in [0.2, 0.25) is 0 Å². The number of guanidine groups is 1. The van der Waals surface area contributed by atoms with Crippen molar-refractivity contribution in [3.8, 4) is 0 Å². The molecular formula is C7H11N3. The summed E-state index contributed by atoms with van der Waals surface area (Å²) in [6.45, 7) is 2.64. The van der Waals surface area contributed by atoms with Crippen LogP contribution >= 0.6 is 0 Å². The van der Waals surface area contributed by atoms with Crippen LogP contribution in [0.25, 0.3) is 0 Å². The SMILES string of the molecule is C/C=C/C1=CCN=C(N)N1. The number of rotatable bonds is 1.